The molecule has 0 aliphatic rings. The van der Waals surface area contributed by atoms with Crippen molar-refractivity contribution in [2.24, 2.45) is 0 Å². The van der Waals surface area contributed by atoms with Crippen LogP contribution in [0.2, 0.25) is 0 Å². The number of nitrogens with one attached hydrogen (secondary N) is 1. The van der Waals surface area contributed by atoms with Crippen LogP contribution in [-0.2, 0) is 22.0 Å². The van der Waals surface area contributed by atoms with E-state index in [9.17, 15) is 12.8 Å². The topological polar surface area (TPSA) is 68.3 Å². The van der Waals surface area contributed by atoms with Gasteiger partial charge in [-0.2, -0.15) is 0 Å². The van der Waals surface area contributed by atoms with Crippen LogP contribution in [0.25, 0.3) is 23.3 Å². The standard InChI is InChI=1S/C31H31FN2O3S/c1-31(2,3)26-18-24(13-12-22-14-15-29(28(32)19-22)34-38(4,35)36)17-25(20-26)27-11-8-16-33-30(27)37-21-23-9-6-5-7-10-23/h5-20,34H,21H2,1-4H3. The third-order valence-electron chi connectivity index (χ3n) is 5.88. The van der Waals surface area contributed by atoms with Gasteiger partial charge in [-0.25, -0.2) is 17.8 Å². The Morgan fingerprint density at radius 1 is 0.921 bits per heavy atom. The fourth-order valence-electron chi connectivity index (χ4n) is 3.90. The summed E-state index contributed by atoms with van der Waals surface area (Å²) < 4.78 is 45.6. The zero-order valence-corrected chi connectivity index (χ0v) is 22.7. The summed E-state index contributed by atoms with van der Waals surface area (Å²) in [4.78, 5) is 4.50. The number of aromatic nitrogens is 1. The Kier molecular flexibility index (Phi) is 7.97. The average Bonchev–Trinajstić information content (AvgIpc) is 2.87. The first-order chi connectivity index (χ1) is 18.0. The summed E-state index contributed by atoms with van der Waals surface area (Å²) in [5.74, 6) is -0.0920. The molecule has 0 bridgehead atoms. The molecule has 0 radical (unpaired) electrons. The number of ether oxygens (including phenoxy) is 1. The predicted octanol–water partition coefficient (Wildman–Crippen LogP) is 7.31. The lowest BCUT2D eigenvalue weighted by atomic mass is 9.84. The van der Waals surface area contributed by atoms with Crippen LogP contribution in [0.1, 0.15) is 43.0 Å². The number of anilines is 1. The van der Waals surface area contributed by atoms with Gasteiger partial charge in [0.15, 0.2) is 0 Å². The number of pyridine rings is 1. The lowest BCUT2D eigenvalue weighted by Gasteiger charge is -2.21. The Morgan fingerprint density at radius 3 is 2.34 bits per heavy atom. The molecule has 0 spiro atoms. The number of hydrogen-bond acceptors (Lipinski definition) is 4. The molecule has 1 N–H and O–H groups in total. The Bertz CT molecular complexity index is 1560. The van der Waals surface area contributed by atoms with Crippen LogP contribution >= 0.6 is 0 Å². The van der Waals surface area contributed by atoms with Gasteiger partial charge in [-0.15, -0.1) is 0 Å². The summed E-state index contributed by atoms with van der Waals surface area (Å²) in [6.07, 6.45) is 6.42. The number of halogens is 1. The van der Waals surface area contributed by atoms with Crippen LogP contribution in [0.3, 0.4) is 0 Å². The smallest absolute Gasteiger partial charge is 0.229 e. The molecular weight excluding hydrogens is 499 g/mol. The summed E-state index contributed by atoms with van der Waals surface area (Å²) >= 11 is 0. The molecule has 5 nitrogen and oxygen atoms in total. The molecule has 0 aliphatic carbocycles. The van der Waals surface area contributed by atoms with Gasteiger partial charge in [0, 0.05) is 11.8 Å². The van der Waals surface area contributed by atoms with Gasteiger partial charge in [-0.1, -0.05) is 81.5 Å². The second kappa shape index (κ2) is 11.2. The normalized spacial score (nSPS) is 12.0. The van der Waals surface area contributed by atoms with E-state index in [0.29, 0.717) is 18.1 Å². The molecule has 0 aliphatic heterocycles. The summed E-state index contributed by atoms with van der Waals surface area (Å²) in [7, 11) is -3.56. The SMILES string of the molecule is CC(C)(C)c1cc(C=Cc2ccc(NS(C)(=O)=O)c(F)c2)cc(-c2cccnc2OCc2ccccc2)c1. The molecule has 196 valence electrons. The number of sulfonamides is 1. The molecule has 7 heteroatoms. The maximum atomic E-state index is 14.5. The van der Waals surface area contributed by atoms with Crippen molar-refractivity contribution in [2.75, 3.05) is 11.0 Å². The van der Waals surface area contributed by atoms with Crippen LogP contribution in [-0.4, -0.2) is 19.7 Å². The number of nitrogens with zero attached hydrogens (tertiary/aromatic N) is 1. The quantitative estimate of drug-likeness (QED) is 0.243. The molecule has 38 heavy (non-hydrogen) atoms. The molecule has 0 amide bonds. The van der Waals surface area contributed by atoms with E-state index >= 15 is 0 Å². The largest absolute Gasteiger partial charge is 0.472 e. The minimum atomic E-state index is -3.56. The summed E-state index contributed by atoms with van der Waals surface area (Å²) in [5.41, 5.74) is 5.38. The minimum absolute atomic E-state index is 0.0822. The Morgan fingerprint density at radius 2 is 1.66 bits per heavy atom. The van der Waals surface area contributed by atoms with E-state index in [1.54, 1.807) is 18.3 Å². The van der Waals surface area contributed by atoms with Gasteiger partial charge in [0.2, 0.25) is 15.9 Å². The molecular formula is C31H31FN2O3S. The fraction of sp³-hybridized carbons (Fsp3) is 0.194. The van der Waals surface area contributed by atoms with Gasteiger partial charge < -0.3 is 4.74 Å². The first kappa shape index (κ1) is 27.1. The van der Waals surface area contributed by atoms with E-state index in [1.807, 2.05) is 54.6 Å². The van der Waals surface area contributed by atoms with Gasteiger partial charge in [-0.3, -0.25) is 4.72 Å². The summed E-state index contributed by atoms with van der Waals surface area (Å²) in [6, 6.07) is 24.5. The number of benzene rings is 3. The summed E-state index contributed by atoms with van der Waals surface area (Å²) in [6.45, 7) is 6.86. The minimum Gasteiger partial charge on any atom is -0.472 e. The number of rotatable bonds is 8. The molecule has 1 aromatic heterocycles. The first-order valence-electron chi connectivity index (χ1n) is 12.2. The number of hydrogen-bond donors (Lipinski definition) is 1. The molecule has 0 atom stereocenters. The highest BCUT2D eigenvalue weighted by Crippen LogP contribution is 2.34. The van der Waals surface area contributed by atoms with E-state index in [1.165, 1.54) is 12.1 Å². The average molecular weight is 531 g/mol. The van der Waals surface area contributed by atoms with E-state index in [0.717, 1.165) is 34.1 Å². The molecule has 0 saturated heterocycles. The summed E-state index contributed by atoms with van der Waals surface area (Å²) in [5, 5.41) is 0. The molecule has 4 aromatic rings. The molecule has 0 unspecified atom stereocenters. The maximum absolute atomic E-state index is 14.5. The van der Waals surface area contributed by atoms with Gasteiger partial charge in [0.1, 0.15) is 12.4 Å². The highest BCUT2D eigenvalue weighted by Gasteiger charge is 2.17. The maximum Gasteiger partial charge on any atom is 0.229 e. The Balaban J connectivity index is 1.67. The van der Waals surface area contributed by atoms with Gasteiger partial charge in [-0.05, 0) is 63.6 Å². The van der Waals surface area contributed by atoms with Gasteiger partial charge in [0.05, 0.1) is 11.9 Å². The van der Waals surface area contributed by atoms with Crippen LogP contribution in [0.15, 0.2) is 85.1 Å². The zero-order chi connectivity index (χ0) is 27.3. The zero-order valence-electron chi connectivity index (χ0n) is 21.9. The second-order valence-electron chi connectivity index (χ2n) is 10.2. The van der Waals surface area contributed by atoms with Crippen LogP contribution in [0.4, 0.5) is 10.1 Å². The van der Waals surface area contributed by atoms with Crippen molar-refractivity contribution in [3.63, 3.8) is 0 Å². The van der Waals surface area contributed by atoms with Gasteiger partial charge >= 0.3 is 0 Å². The highest BCUT2D eigenvalue weighted by atomic mass is 32.2. The predicted molar refractivity (Wildman–Crippen MR) is 153 cm³/mol. The van der Waals surface area contributed by atoms with Crippen molar-refractivity contribution in [1.82, 2.24) is 4.98 Å². The fourth-order valence-corrected chi connectivity index (χ4v) is 4.46. The van der Waals surface area contributed by atoms with Crippen molar-refractivity contribution < 1.29 is 17.5 Å². The third kappa shape index (κ3) is 7.29. The van der Waals surface area contributed by atoms with E-state index in [-0.39, 0.29) is 11.1 Å². The van der Waals surface area contributed by atoms with Crippen LogP contribution in [0.5, 0.6) is 5.88 Å². The van der Waals surface area contributed by atoms with Crippen molar-refractivity contribution in [3.8, 4) is 17.0 Å². The molecule has 3 aromatic carbocycles. The lowest BCUT2D eigenvalue weighted by molar-refractivity contribution is 0.295. The van der Waals surface area contributed by atoms with Gasteiger partial charge in [0.25, 0.3) is 0 Å². The first-order valence-corrected chi connectivity index (χ1v) is 14.1. The molecule has 1 heterocycles. The second-order valence-corrected chi connectivity index (χ2v) is 11.9. The molecule has 0 fully saturated rings. The van der Waals surface area contributed by atoms with Crippen LogP contribution < -0.4 is 9.46 Å². The molecule has 4 rings (SSSR count). The molecule has 0 saturated carbocycles. The lowest BCUT2D eigenvalue weighted by Crippen LogP contribution is -2.11. The Hall–Kier alpha value is -3.97. The van der Waals surface area contributed by atoms with E-state index in [4.69, 9.17) is 4.74 Å². The van der Waals surface area contributed by atoms with E-state index < -0.39 is 15.8 Å². The monoisotopic (exact) mass is 530 g/mol. The van der Waals surface area contributed by atoms with Crippen molar-refractivity contribution in [2.45, 2.75) is 32.8 Å². The third-order valence-corrected chi connectivity index (χ3v) is 6.47. The van der Waals surface area contributed by atoms with Crippen molar-refractivity contribution >= 4 is 27.9 Å². The highest BCUT2D eigenvalue weighted by molar-refractivity contribution is 7.92. The van der Waals surface area contributed by atoms with Crippen molar-refractivity contribution in [3.05, 3.63) is 113 Å². The Labute approximate surface area is 224 Å². The van der Waals surface area contributed by atoms with Crippen LogP contribution in [0, 0.1) is 5.82 Å². The van der Waals surface area contributed by atoms with Crippen molar-refractivity contribution in [1.29, 1.82) is 0 Å². The van der Waals surface area contributed by atoms with E-state index in [2.05, 4.69) is 42.6 Å².